The molecular formula is C38H38ClNOS. The lowest BCUT2D eigenvalue weighted by Gasteiger charge is -2.42. The molecule has 0 saturated heterocycles. The van der Waals surface area contributed by atoms with Crippen LogP contribution in [0.2, 0.25) is 5.02 Å². The summed E-state index contributed by atoms with van der Waals surface area (Å²) in [6.07, 6.45) is 2.40. The Hall–Kier alpha value is -3.27. The molecule has 2 aromatic heterocycles. The van der Waals surface area contributed by atoms with Crippen LogP contribution in [-0.4, -0.2) is 0 Å². The molecule has 2 nitrogen and oxygen atoms in total. The van der Waals surface area contributed by atoms with Gasteiger partial charge in [-0.2, -0.15) is 0 Å². The molecule has 1 aliphatic rings. The zero-order valence-corrected chi connectivity index (χ0v) is 27.1. The van der Waals surface area contributed by atoms with Gasteiger partial charge in [0.2, 0.25) is 0 Å². The summed E-state index contributed by atoms with van der Waals surface area (Å²) >= 11 is 8.81. The van der Waals surface area contributed by atoms with Crippen molar-refractivity contribution in [3.05, 3.63) is 99.9 Å². The van der Waals surface area contributed by atoms with E-state index in [2.05, 4.69) is 119 Å². The number of fused-ring (bicyclic) bond motifs is 5. The Balaban J connectivity index is 1.49. The molecule has 0 bridgehead atoms. The van der Waals surface area contributed by atoms with Gasteiger partial charge in [0.05, 0.1) is 10.7 Å². The van der Waals surface area contributed by atoms with Crippen molar-refractivity contribution in [1.29, 1.82) is 0 Å². The van der Waals surface area contributed by atoms with Crippen LogP contribution in [0.3, 0.4) is 0 Å². The number of nitrogens with zero attached hydrogens (tertiary/aromatic N) is 1. The molecule has 7 rings (SSSR count). The van der Waals surface area contributed by atoms with Crippen LogP contribution >= 0.6 is 22.9 Å². The van der Waals surface area contributed by atoms with Crippen LogP contribution in [0.5, 0.6) is 0 Å². The molecule has 4 heteroatoms. The molecule has 2 heterocycles. The minimum atomic E-state index is 0.0772. The summed E-state index contributed by atoms with van der Waals surface area (Å²) in [5.41, 5.74) is 9.58. The minimum absolute atomic E-state index is 0.0772. The number of halogens is 1. The first-order valence-electron chi connectivity index (χ1n) is 14.9. The average molecular weight is 592 g/mol. The summed E-state index contributed by atoms with van der Waals surface area (Å²) in [5.74, 6) is 0. The summed E-state index contributed by atoms with van der Waals surface area (Å²) < 4.78 is 7.52. The molecule has 1 aliphatic carbocycles. The number of hydrogen-bond acceptors (Lipinski definition) is 3. The number of para-hydroxylation sites is 1. The summed E-state index contributed by atoms with van der Waals surface area (Å²) in [7, 11) is 0. The maximum Gasteiger partial charge on any atom is 0.154 e. The molecule has 0 atom stereocenters. The molecule has 42 heavy (non-hydrogen) atoms. The normalized spacial score (nSPS) is 16.3. The van der Waals surface area contributed by atoms with Crippen molar-refractivity contribution in [3.8, 4) is 0 Å². The number of furan rings is 1. The summed E-state index contributed by atoms with van der Waals surface area (Å²) in [6, 6.07) is 26.5. The second kappa shape index (κ2) is 9.36. The fourth-order valence-electron chi connectivity index (χ4n) is 6.69. The zero-order valence-electron chi connectivity index (χ0n) is 25.6. The maximum absolute atomic E-state index is 6.98. The molecule has 6 aromatic rings. The van der Waals surface area contributed by atoms with Gasteiger partial charge in [-0.15, -0.1) is 11.3 Å². The van der Waals surface area contributed by atoms with Crippen LogP contribution < -0.4 is 4.90 Å². The van der Waals surface area contributed by atoms with Gasteiger partial charge >= 0.3 is 0 Å². The van der Waals surface area contributed by atoms with Gasteiger partial charge in [0.15, 0.2) is 5.58 Å². The number of hydrogen-bond donors (Lipinski definition) is 0. The van der Waals surface area contributed by atoms with Crippen LogP contribution in [-0.2, 0) is 16.2 Å². The van der Waals surface area contributed by atoms with E-state index in [1.165, 1.54) is 45.3 Å². The Morgan fingerprint density at radius 1 is 0.762 bits per heavy atom. The van der Waals surface area contributed by atoms with E-state index in [0.717, 1.165) is 33.3 Å². The third-order valence-corrected chi connectivity index (χ3v) is 10.6. The molecule has 0 amide bonds. The predicted molar refractivity (Wildman–Crippen MR) is 183 cm³/mol. The average Bonchev–Trinajstić information content (AvgIpc) is 3.53. The van der Waals surface area contributed by atoms with Crippen molar-refractivity contribution in [3.63, 3.8) is 0 Å². The van der Waals surface area contributed by atoms with E-state index in [9.17, 15) is 0 Å². The fourth-order valence-corrected chi connectivity index (χ4v) is 7.88. The highest BCUT2D eigenvalue weighted by Crippen LogP contribution is 2.51. The van der Waals surface area contributed by atoms with Crippen molar-refractivity contribution in [1.82, 2.24) is 0 Å². The fraction of sp³-hybridized carbons (Fsp3) is 0.316. The van der Waals surface area contributed by atoms with E-state index in [-0.39, 0.29) is 16.2 Å². The van der Waals surface area contributed by atoms with Gasteiger partial charge in [0.25, 0.3) is 0 Å². The van der Waals surface area contributed by atoms with Gasteiger partial charge in [-0.05, 0) is 88.2 Å². The van der Waals surface area contributed by atoms with Gasteiger partial charge in [0.1, 0.15) is 5.58 Å². The lowest BCUT2D eigenvalue weighted by atomic mass is 9.63. The Kier molecular flexibility index (Phi) is 6.14. The molecule has 0 N–H and O–H groups in total. The van der Waals surface area contributed by atoms with E-state index in [1.54, 1.807) is 0 Å². The molecule has 0 fully saturated rings. The van der Waals surface area contributed by atoms with Crippen LogP contribution in [0.25, 0.3) is 32.0 Å². The first-order chi connectivity index (χ1) is 19.8. The highest BCUT2D eigenvalue weighted by atomic mass is 35.5. The van der Waals surface area contributed by atoms with Gasteiger partial charge < -0.3 is 9.32 Å². The standard InChI is InChI=1S/C38H38ClNOS/c1-36(2,3)23-12-14-24(15-13-23)40(25-18-27-26-10-8-9-11-33(26)41-35(27)31(39)19-25)32-22-42-34-21-30-29(20-28(32)34)37(4,5)16-17-38(30,6)7/h8-15,18-22H,16-17H2,1-7H3. The number of thiophene rings is 1. The van der Waals surface area contributed by atoms with Crippen molar-refractivity contribution in [2.24, 2.45) is 0 Å². The quantitative estimate of drug-likeness (QED) is 0.203. The van der Waals surface area contributed by atoms with Gasteiger partial charge in [0, 0.05) is 37.6 Å². The second-order valence-corrected chi connectivity index (χ2v) is 15.6. The van der Waals surface area contributed by atoms with E-state index >= 15 is 0 Å². The molecule has 4 aromatic carbocycles. The first kappa shape index (κ1) is 27.6. The number of benzene rings is 4. The van der Waals surface area contributed by atoms with Crippen molar-refractivity contribution in [2.75, 3.05) is 4.90 Å². The van der Waals surface area contributed by atoms with E-state index in [0.29, 0.717) is 5.02 Å². The Labute approximate surface area is 257 Å². The lowest BCUT2D eigenvalue weighted by Crippen LogP contribution is -2.33. The molecule has 0 saturated carbocycles. The highest BCUT2D eigenvalue weighted by Gasteiger charge is 2.37. The van der Waals surface area contributed by atoms with Crippen LogP contribution in [0, 0.1) is 0 Å². The van der Waals surface area contributed by atoms with Crippen molar-refractivity contribution in [2.45, 2.75) is 77.6 Å². The topological polar surface area (TPSA) is 16.4 Å². The predicted octanol–water partition coefficient (Wildman–Crippen LogP) is 12.6. The van der Waals surface area contributed by atoms with Crippen molar-refractivity contribution >= 4 is 72.0 Å². The molecular weight excluding hydrogens is 554 g/mol. The molecule has 0 unspecified atom stereocenters. The van der Waals surface area contributed by atoms with Crippen LogP contribution in [0.1, 0.15) is 78.0 Å². The third-order valence-electron chi connectivity index (χ3n) is 9.43. The smallest absolute Gasteiger partial charge is 0.154 e. The Morgan fingerprint density at radius 2 is 1.43 bits per heavy atom. The van der Waals surface area contributed by atoms with Crippen molar-refractivity contribution < 1.29 is 4.42 Å². The summed E-state index contributed by atoms with van der Waals surface area (Å²) in [4.78, 5) is 2.38. The Bertz CT molecular complexity index is 1980. The molecule has 214 valence electrons. The third kappa shape index (κ3) is 4.36. The van der Waals surface area contributed by atoms with Crippen LogP contribution in [0.4, 0.5) is 17.1 Å². The zero-order chi connectivity index (χ0) is 29.6. The van der Waals surface area contributed by atoms with Gasteiger partial charge in [-0.25, -0.2) is 0 Å². The lowest BCUT2D eigenvalue weighted by molar-refractivity contribution is 0.332. The minimum Gasteiger partial charge on any atom is -0.454 e. The highest BCUT2D eigenvalue weighted by molar-refractivity contribution is 7.17. The Morgan fingerprint density at radius 3 is 2.12 bits per heavy atom. The SMILES string of the molecule is CC(C)(C)c1ccc(N(c2cc(Cl)c3oc4ccccc4c3c2)c2csc3cc4c(cc23)C(C)(C)CCC4(C)C)cc1. The second-order valence-electron chi connectivity index (χ2n) is 14.3. The summed E-state index contributed by atoms with van der Waals surface area (Å²) in [5, 5.41) is 6.34. The summed E-state index contributed by atoms with van der Waals surface area (Å²) in [6.45, 7) is 16.4. The van der Waals surface area contributed by atoms with E-state index in [4.69, 9.17) is 16.0 Å². The maximum atomic E-state index is 6.98. The first-order valence-corrected chi connectivity index (χ1v) is 16.2. The van der Waals surface area contributed by atoms with Gasteiger partial charge in [-0.1, -0.05) is 90.4 Å². The van der Waals surface area contributed by atoms with Gasteiger partial charge in [-0.3, -0.25) is 0 Å². The largest absolute Gasteiger partial charge is 0.454 e. The number of anilines is 3. The monoisotopic (exact) mass is 591 g/mol. The molecule has 0 aliphatic heterocycles. The van der Waals surface area contributed by atoms with Crippen LogP contribution in [0.15, 0.2) is 82.6 Å². The molecule has 0 radical (unpaired) electrons. The van der Waals surface area contributed by atoms with E-state index in [1.807, 2.05) is 23.5 Å². The number of rotatable bonds is 3. The van der Waals surface area contributed by atoms with E-state index < -0.39 is 0 Å². The molecule has 0 spiro atoms.